The molecule has 120 valence electrons. The number of Topliss-reactive ketones (excluding diaryl/α,β-unsaturated/α-hetero) is 1. The van der Waals surface area contributed by atoms with Crippen molar-refractivity contribution < 1.29 is 14.3 Å². The SMILES string of the molecule is CCC(CC)NC(=O)COc1ccc(Cl)c2c1C(=O)C[C@H]2C. The van der Waals surface area contributed by atoms with Crippen LogP contribution in [0.1, 0.15) is 61.9 Å². The van der Waals surface area contributed by atoms with Crippen molar-refractivity contribution in [2.75, 3.05) is 6.61 Å². The lowest BCUT2D eigenvalue weighted by Gasteiger charge is -2.16. The topological polar surface area (TPSA) is 55.4 Å². The Balaban J connectivity index is 2.09. The molecule has 0 aromatic heterocycles. The number of hydrogen-bond donors (Lipinski definition) is 1. The highest BCUT2D eigenvalue weighted by molar-refractivity contribution is 6.32. The van der Waals surface area contributed by atoms with Gasteiger partial charge in [0.2, 0.25) is 0 Å². The number of benzene rings is 1. The normalized spacial score (nSPS) is 16.8. The predicted octanol–water partition coefficient (Wildman–Crippen LogP) is 3.71. The van der Waals surface area contributed by atoms with Crippen LogP contribution in [0.5, 0.6) is 5.75 Å². The van der Waals surface area contributed by atoms with Crippen molar-refractivity contribution in [3.05, 3.63) is 28.3 Å². The van der Waals surface area contributed by atoms with E-state index < -0.39 is 0 Å². The third-order valence-electron chi connectivity index (χ3n) is 4.13. The van der Waals surface area contributed by atoms with Gasteiger partial charge in [-0.05, 0) is 36.5 Å². The van der Waals surface area contributed by atoms with Gasteiger partial charge in [0.1, 0.15) is 5.75 Å². The van der Waals surface area contributed by atoms with Gasteiger partial charge in [-0.1, -0.05) is 32.4 Å². The fourth-order valence-electron chi connectivity index (χ4n) is 2.85. The minimum absolute atomic E-state index is 0.0281. The molecule has 1 aromatic rings. The zero-order valence-corrected chi connectivity index (χ0v) is 14.0. The van der Waals surface area contributed by atoms with Crippen LogP contribution in [0.15, 0.2) is 12.1 Å². The second kappa shape index (κ2) is 7.14. The van der Waals surface area contributed by atoms with Crippen LogP contribution in [0.2, 0.25) is 5.02 Å². The molecular formula is C17H22ClNO3. The van der Waals surface area contributed by atoms with Crippen molar-refractivity contribution in [1.82, 2.24) is 5.32 Å². The Bertz CT molecular complexity index is 582. The number of carbonyl (C=O) groups is 2. The van der Waals surface area contributed by atoms with E-state index in [0.717, 1.165) is 18.4 Å². The first-order chi connectivity index (χ1) is 10.5. The molecule has 0 bridgehead atoms. The van der Waals surface area contributed by atoms with Crippen LogP contribution in [0.3, 0.4) is 0 Å². The number of halogens is 1. The maximum absolute atomic E-state index is 12.1. The van der Waals surface area contributed by atoms with E-state index in [1.54, 1.807) is 12.1 Å². The molecule has 4 nitrogen and oxygen atoms in total. The second-order valence-electron chi connectivity index (χ2n) is 5.73. The van der Waals surface area contributed by atoms with E-state index in [-0.39, 0.29) is 30.3 Å². The second-order valence-corrected chi connectivity index (χ2v) is 6.14. The molecule has 0 unspecified atom stereocenters. The van der Waals surface area contributed by atoms with Crippen LogP contribution in [0.25, 0.3) is 0 Å². The van der Waals surface area contributed by atoms with Gasteiger partial charge >= 0.3 is 0 Å². The Morgan fingerprint density at radius 1 is 1.41 bits per heavy atom. The predicted molar refractivity (Wildman–Crippen MR) is 86.8 cm³/mol. The van der Waals surface area contributed by atoms with Gasteiger partial charge in [-0.25, -0.2) is 0 Å². The van der Waals surface area contributed by atoms with Crippen molar-refractivity contribution in [2.24, 2.45) is 0 Å². The lowest BCUT2D eigenvalue weighted by Crippen LogP contribution is -2.37. The zero-order valence-electron chi connectivity index (χ0n) is 13.2. The van der Waals surface area contributed by atoms with Crippen molar-refractivity contribution >= 4 is 23.3 Å². The average molecular weight is 324 g/mol. The van der Waals surface area contributed by atoms with Gasteiger partial charge in [-0.15, -0.1) is 0 Å². The molecule has 0 spiro atoms. The number of hydrogen-bond acceptors (Lipinski definition) is 3. The number of fused-ring (bicyclic) bond motifs is 1. The molecule has 0 radical (unpaired) electrons. The molecule has 1 aromatic carbocycles. The number of nitrogens with one attached hydrogen (secondary N) is 1. The first-order valence-corrected chi connectivity index (χ1v) is 8.13. The summed E-state index contributed by atoms with van der Waals surface area (Å²) in [6.45, 7) is 5.94. The highest BCUT2D eigenvalue weighted by Crippen LogP contribution is 2.42. The summed E-state index contributed by atoms with van der Waals surface area (Å²) < 4.78 is 5.58. The minimum Gasteiger partial charge on any atom is -0.483 e. The Morgan fingerprint density at radius 3 is 2.73 bits per heavy atom. The largest absolute Gasteiger partial charge is 0.483 e. The summed E-state index contributed by atoms with van der Waals surface area (Å²) >= 11 is 6.18. The van der Waals surface area contributed by atoms with Gasteiger partial charge in [-0.3, -0.25) is 9.59 Å². The third kappa shape index (κ3) is 3.43. The van der Waals surface area contributed by atoms with E-state index in [1.165, 1.54) is 0 Å². The molecule has 0 saturated heterocycles. The maximum Gasteiger partial charge on any atom is 0.258 e. The van der Waals surface area contributed by atoms with Crippen LogP contribution < -0.4 is 10.1 Å². The quantitative estimate of drug-likeness (QED) is 0.868. The van der Waals surface area contributed by atoms with E-state index in [2.05, 4.69) is 5.32 Å². The number of amides is 1. The van der Waals surface area contributed by atoms with Crippen LogP contribution in [0, 0.1) is 0 Å². The highest BCUT2D eigenvalue weighted by Gasteiger charge is 2.31. The number of ether oxygens (including phenoxy) is 1. The van der Waals surface area contributed by atoms with E-state index in [9.17, 15) is 9.59 Å². The summed E-state index contributed by atoms with van der Waals surface area (Å²) in [5.41, 5.74) is 1.37. The van der Waals surface area contributed by atoms with Crippen LogP contribution in [-0.2, 0) is 4.79 Å². The third-order valence-corrected chi connectivity index (χ3v) is 4.46. The number of carbonyl (C=O) groups excluding carboxylic acids is 2. The van der Waals surface area contributed by atoms with Gasteiger partial charge in [0.15, 0.2) is 12.4 Å². The zero-order chi connectivity index (χ0) is 16.3. The molecule has 5 heteroatoms. The van der Waals surface area contributed by atoms with Gasteiger partial charge in [-0.2, -0.15) is 0 Å². The molecule has 1 amide bonds. The molecule has 0 saturated carbocycles. The summed E-state index contributed by atoms with van der Waals surface area (Å²) in [5.74, 6) is 0.404. The Hall–Kier alpha value is -1.55. The standard InChI is InChI=1S/C17H22ClNO3/c1-4-11(5-2)19-15(21)9-22-14-7-6-12(18)16-10(3)8-13(20)17(14)16/h6-7,10-11H,4-5,8-9H2,1-3H3,(H,19,21)/t10-/m1/s1. The van der Waals surface area contributed by atoms with Crippen molar-refractivity contribution in [1.29, 1.82) is 0 Å². The van der Waals surface area contributed by atoms with Gasteiger partial charge in [0.05, 0.1) is 5.56 Å². The lowest BCUT2D eigenvalue weighted by atomic mass is 10.0. The average Bonchev–Trinajstić information content (AvgIpc) is 2.80. The maximum atomic E-state index is 12.1. The summed E-state index contributed by atoms with van der Waals surface area (Å²) in [7, 11) is 0. The summed E-state index contributed by atoms with van der Waals surface area (Å²) in [6.07, 6.45) is 2.21. The Morgan fingerprint density at radius 2 is 2.09 bits per heavy atom. The van der Waals surface area contributed by atoms with Crippen molar-refractivity contribution in [3.63, 3.8) is 0 Å². The van der Waals surface area contributed by atoms with Gasteiger partial charge in [0.25, 0.3) is 5.91 Å². The molecule has 1 N–H and O–H groups in total. The fraction of sp³-hybridized carbons (Fsp3) is 0.529. The Kier molecular flexibility index (Phi) is 5.46. The lowest BCUT2D eigenvalue weighted by molar-refractivity contribution is -0.123. The van der Waals surface area contributed by atoms with E-state index in [4.69, 9.17) is 16.3 Å². The van der Waals surface area contributed by atoms with Crippen LogP contribution in [0.4, 0.5) is 0 Å². The minimum atomic E-state index is -0.170. The molecule has 2 rings (SSSR count). The van der Waals surface area contributed by atoms with E-state index in [0.29, 0.717) is 22.8 Å². The molecule has 0 fully saturated rings. The summed E-state index contributed by atoms with van der Waals surface area (Å²) in [4.78, 5) is 24.0. The first kappa shape index (κ1) is 16.8. The summed E-state index contributed by atoms with van der Waals surface area (Å²) in [6, 6.07) is 3.55. The first-order valence-electron chi connectivity index (χ1n) is 7.75. The Labute approximate surface area is 136 Å². The molecule has 0 aliphatic heterocycles. The smallest absolute Gasteiger partial charge is 0.258 e. The molecular weight excluding hydrogens is 302 g/mol. The molecule has 1 aliphatic rings. The highest BCUT2D eigenvalue weighted by atomic mass is 35.5. The number of ketones is 1. The van der Waals surface area contributed by atoms with Crippen LogP contribution >= 0.6 is 11.6 Å². The van der Waals surface area contributed by atoms with Crippen molar-refractivity contribution in [2.45, 2.75) is 52.0 Å². The van der Waals surface area contributed by atoms with E-state index >= 15 is 0 Å². The van der Waals surface area contributed by atoms with E-state index in [1.807, 2.05) is 20.8 Å². The van der Waals surface area contributed by atoms with Crippen LogP contribution in [-0.4, -0.2) is 24.3 Å². The van der Waals surface area contributed by atoms with Gasteiger partial charge < -0.3 is 10.1 Å². The molecule has 22 heavy (non-hydrogen) atoms. The number of rotatable bonds is 6. The van der Waals surface area contributed by atoms with Crippen molar-refractivity contribution in [3.8, 4) is 5.75 Å². The fourth-order valence-corrected chi connectivity index (χ4v) is 3.20. The molecule has 1 aliphatic carbocycles. The monoisotopic (exact) mass is 323 g/mol. The molecule has 1 atom stereocenters. The molecule has 0 heterocycles. The summed E-state index contributed by atoms with van der Waals surface area (Å²) in [5, 5.41) is 3.50. The van der Waals surface area contributed by atoms with Gasteiger partial charge in [0, 0.05) is 17.5 Å².